The standard InChI is InChI=1S/C12H16N2O2/c1-9(2)11(8-15)12(16)14-7-10-5-3-4-6-13-10/h3-6,8-9,11H,7H2,1-2H3,(H,14,16)/t11-/m0/s1. The van der Waals surface area contributed by atoms with Crippen LogP contribution in [0.15, 0.2) is 24.4 Å². The number of aromatic nitrogens is 1. The van der Waals surface area contributed by atoms with E-state index in [1.54, 1.807) is 6.20 Å². The molecule has 0 unspecified atom stereocenters. The fraction of sp³-hybridized carbons (Fsp3) is 0.417. The molecule has 0 radical (unpaired) electrons. The van der Waals surface area contributed by atoms with Gasteiger partial charge in [-0.1, -0.05) is 19.9 Å². The molecule has 0 aliphatic rings. The Balaban J connectivity index is 2.49. The second-order valence-electron chi connectivity index (χ2n) is 3.94. The van der Waals surface area contributed by atoms with E-state index in [-0.39, 0.29) is 11.8 Å². The van der Waals surface area contributed by atoms with E-state index < -0.39 is 5.92 Å². The number of hydrogen-bond donors (Lipinski definition) is 1. The number of rotatable bonds is 5. The molecule has 1 rings (SSSR count). The summed E-state index contributed by atoms with van der Waals surface area (Å²) in [7, 11) is 0. The monoisotopic (exact) mass is 220 g/mol. The Bertz CT molecular complexity index is 349. The average Bonchev–Trinajstić information content (AvgIpc) is 2.28. The van der Waals surface area contributed by atoms with Gasteiger partial charge in [-0.05, 0) is 18.1 Å². The SMILES string of the molecule is CC(C)[C@H](C=O)C(=O)NCc1ccccn1. The minimum Gasteiger partial charge on any atom is -0.350 e. The van der Waals surface area contributed by atoms with Gasteiger partial charge in [-0.15, -0.1) is 0 Å². The van der Waals surface area contributed by atoms with Crippen molar-refractivity contribution in [2.75, 3.05) is 0 Å². The van der Waals surface area contributed by atoms with Crippen molar-refractivity contribution in [1.29, 1.82) is 0 Å². The van der Waals surface area contributed by atoms with Gasteiger partial charge in [0.1, 0.15) is 6.29 Å². The van der Waals surface area contributed by atoms with E-state index in [1.165, 1.54) is 0 Å². The normalized spacial score (nSPS) is 12.2. The number of carbonyl (C=O) groups excluding carboxylic acids is 2. The van der Waals surface area contributed by atoms with Gasteiger partial charge in [0, 0.05) is 6.20 Å². The molecule has 0 bridgehead atoms. The van der Waals surface area contributed by atoms with E-state index in [9.17, 15) is 9.59 Å². The molecule has 0 aromatic carbocycles. The second-order valence-corrected chi connectivity index (χ2v) is 3.94. The Morgan fingerprint density at radius 2 is 2.25 bits per heavy atom. The summed E-state index contributed by atoms with van der Waals surface area (Å²) in [6, 6.07) is 5.49. The van der Waals surface area contributed by atoms with Crippen molar-refractivity contribution in [2.24, 2.45) is 11.8 Å². The maximum atomic E-state index is 11.6. The van der Waals surface area contributed by atoms with Crippen LogP contribution in [0.25, 0.3) is 0 Å². The molecule has 4 nitrogen and oxygen atoms in total. The number of aldehydes is 1. The van der Waals surface area contributed by atoms with E-state index in [0.717, 1.165) is 5.69 Å². The topological polar surface area (TPSA) is 59.1 Å². The van der Waals surface area contributed by atoms with E-state index in [2.05, 4.69) is 10.3 Å². The van der Waals surface area contributed by atoms with Crippen molar-refractivity contribution in [1.82, 2.24) is 10.3 Å². The molecule has 1 N–H and O–H groups in total. The lowest BCUT2D eigenvalue weighted by atomic mass is 9.97. The van der Waals surface area contributed by atoms with Crippen molar-refractivity contribution in [3.8, 4) is 0 Å². The molecular formula is C12H16N2O2. The third-order valence-corrected chi connectivity index (χ3v) is 2.34. The minimum absolute atomic E-state index is 0.0150. The van der Waals surface area contributed by atoms with Gasteiger partial charge >= 0.3 is 0 Å². The first-order valence-electron chi connectivity index (χ1n) is 5.28. The zero-order valence-electron chi connectivity index (χ0n) is 9.51. The Labute approximate surface area is 95.1 Å². The summed E-state index contributed by atoms with van der Waals surface area (Å²) in [5, 5.41) is 2.70. The summed E-state index contributed by atoms with van der Waals surface area (Å²) in [6.45, 7) is 4.05. The highest BCUT2D eigenvalue weighted by Gasteiger charge is 2.20. The lowest BCUT2D eigenvalue weighted by molar-refractivity contribution is -0.130. The summed E-state index contributed by atoms with van der Waals surface area (Å²) in [5.41, 5.74) is 0.782. The Kier molecular flexibility index (Phi) is 4.64. The molecule has 1 heterocycles. The number of carbonyl (C=O) groups is 2. The first-order valence-corrected chi connectivity index (χ1v) is 5.28. The number of hydrogen-bond acceptors (Lipinski definition) is 3. The van der Waals surface area contributed by atoms with Crippen LogP contribution in [0, 0.1) is 11.8 Å². The molecule has 1 aromatic heterocycles. The van der Waals surface area contributed by atoms with Crippen LogP contribution in [-0.4, -0.2) is 17.2 Å². The first kappa shape index (κ1) is 12.4. The number of nitrogens with one attached hydrogen (secondary N) is 1. The quantitative estimate of drug-likeness (QED) is 0.598. The molecule has 0 saturated heterocycles. The molecule has 1 atom stereocenters. The Morgan fingerprint density at radius 3 is 2.75 bits per heavy atom. The van der Waals surface area contributed by atoms with Crippen LogP contribution in [0.1, 0.15) is 19.5 Å². The van der Waals surface area contributed by atoms with Crippen molar-refractivity contribution >= 4 is 12.2 Å². The van der Waals surface area contributed by atoms with Gasteiger partial charge in [0.2, 0.25) is 5.91 Å². The van der Waals surface area contributed by atoms with Crippen LogP contribution in [0.3, 0.4) is 0 Å². The summed E-state index contributed by atoms with van der Waals surface area (Å²) >= 11 is 0. The smallest absolute Gasteiger partial charge is 0.230 e. The maximum absolute atomic E-state index is 11.6. The van der Waals surface area contributed by atoms with E-state index in [1.807, 2.05) is 32.0 Å². The fourth-order valence-electron chi connectivity index (χ4n) is 1.32. The van der Waals surface area contributed by atoms with Crippen molar-refractivity contribution in [3.63, 3.8) is 0 Å². The predicted molar refractivity (Wildman–Crippen MR) is 60.5 cm³/mol. The van der Waals surface area contributed by atoms with Crippen LogP contribution in [0.5, 0.6) is 0 Å². The van der Waals surface area contributed by atoms with Crippen molar-refractivity contribution < 1.29 is 9.59 Å². The second kappa shape index (κ2) is 6.00. The molecule has 0 fully saturated rings. The molecule has 86 valence electrons. The van der Waals surface area contributed by atoms with E-state index in [0.29, 0.717) is 12.8 Å². The van der Waals surface area contributed by atoms with E-state index >= 15 is 0 Å². The highest BCUT2D eigenvalue weighted by atomic mass is 16.2. The highest BCUT2D eigenvalue weighted by Crippen LogP contribution is 2.07. The molecule has 16 heavy (non-hydrogen) atoms. The van der Waals surface area contributed by atoms with Crippen LogP contribution in [0.2, 0.25) is 0 Å². The van der Waals surface area contributed by atoms with Gasteiger partial charge in [0.15, 0.2) is 0 Å². The van der Waals surface area contributed by atoms with Crippen LogP contribution in [0.4, 0.5) is 0 Å². The molecule has 4 heteroatoms. The van der Waals surface area contributed by atoms with Crippen LogP contribution < -0.4 is 5.32 Å². The number of amides is 1. The average molecular weight is 220 g/mol. The van der Waals surface area contributed by atoms with Gasteiger partial charge in [0.05, 0.1) is 18.2 Å². The van der Waals surface area contributed by atoms with Gasteiger partial charge in [-0.3, -0.25) is 9.78 Å². The molecule has 1 amide bonds. The summed E-state index contributed by atoms with van der Waals surface area (Å²) < 4.78 is 0. The zero-order valence-corrected chi connectivity index (χ0v) is 9.51. The first-order chi connectivity index (χ1) is 7.65. The van der Waals surface area contributed by atoms with Crippen molar-refractivity contribution in [3.05, 3.63) is 30.1 Å². The lowest BCUT2D eigenvalue weighted by Crippen LogP contribution is -2.34. The van der Waals surface area contributed by atoms with Gasteiger partial charge in [-0.25, -0.2) is 0 Å². The van der Waals surface area contributed by atoms with Crippen LogP contribution in [-0.2, 0) is 16.1 Å². The van der Waals surface area contributed by atoms with E-state index in [4.69, 9.17) is 0 Å². The predicted octanol–water partition coefficient (Wildman–Crippen LogP) is 1.17. The van der Waals surface area contributed by atoms with Gasteiger partial charge in [0.25, 0.3) is 0 Å². The summed E-state index contributed by atoms with van der Waals surface area (Å²) in [6.07, 6.45) is 2.36. The third kappa shape index (κ3) is 3.46. The fourth-order valence-corrected chi connectivity index (χ4v) is 1.32. The molecule has 1 aromatic rings. The Morgan fingerprint density at radius 1 is 1.50 bits per heavy atom. The summed E-state index contributed by atoms with van der Waals surface area (Å²) in [5.74, 6) is -0.805. The lowest BCUT2D eigenvalue weighted by Gasteiger charge is -2.13. The molecule has 0 aliphatic heterocycles. The minimum atomic E-state index is -0.580. The molecule has 0 aliphatic carbocycles. The maximum Gasteiger partial charge on any atom is 0.230 e. The van der Waals surface area contributed by atoms with Gasteiger partial charge in [-0.2, -0.15) is 0 Å². The third-order valence-electron chi connectivity index (χ3n) is 2.34. The van der Waals surface area contributed by atoms with Crippen LogP contribution >= 0.6 is 0 Å². The molecule has 0 saturated carbocycles. The molecule has 0 spiro atoms. The zero-order chi connectivity index (χ0) is 12.0. The number of nitrogens with zero attached hydrogens (tertiary/aromatic N) is 1. The number of pyridine rings is 1. The molecular weight excluding hydrogens is 204 g/mol. The van der Waals surface area contributed by atoms with Gasteiger partial charge < -0.3 is 10.1 Å². The van der Waals surface area contributed by atoms with Crippen molar-refractivity contribution in [2.45, 2.75) is 20.4 Å². The highest BCUT2D eigenvalue weighted by molar-refractivity contribution is 5.91. The summed E-state index contributed by atoms with van der Waals surface area (Å²) in [4.78, 5) is 26.4. The Hall–Kier alpha value is -1.71. The largest absolute Gasteiger partial charge is 0.350 e.